The van der Waals surface area contributed by atoms with Crippen LogP contribution in [0.3, 0.4) is 0 Å². The lowest BCUT2D eigenvalue weighted by molar-refractivity contribution is -0.140. The molecule has 0 saturated carbocycles. The molecule has 0 atom stereocenters. The molecule has 0 radical (unpaired) electrons. The molecule has 1 heterocycles. The second-order valence-electron chi connectivity index (χ2n) is 5.99. The lowest BCUT2D eigenvalue weighted by Crippen LogP contribution is -2.48. The lowest BCUT2D eigenvalue weighted by Gasteiger charge is -2.37. The van der Waals surface area contributed by atoms with Crippen LogP contribution in [-0.4, -0.2) is 59.0 Å². The zero-order valence-corrected chi connectivity index (χ0v) is 13.7. The minimum Gasteiger partial charge on any atom is -0.480 e. The maximum Gasteiger partial charge on any atom is 0.317 e. The number of nitrogens with zero attached hydrogens (tertiary/aromatic N) is 2. The van der Waals surface area contributed by atoms with Crippen LogP contribution in [0.5, 0.6) is 0 Å². The van der Waals surface area contributed by atoms with Crippen LogP contribution in [0.4, 0.5) is 8.78 Å². The number of hydrogen-bond donors (Lipinski definition) is 1. The summed E-state index contributed by atoms with van der Waals surface area (Å²) in [6, 6.07) is 3.63. The van der Waals surface area contributed by atoms with Gasteiger partial charge in [-0.2, -0.15) is 0 Å². The Kier molecular flexibility index (Phi) is 6.25. The van der Waals surface area contributed by atoms with Gasteiger partial charge in [0.1, 0.15) is 0 Å². The summed E-state index contributed by atoms with van der Waals surface area (Å²) in [4.78, 5) is 26.8. The van der Waals surface area contributed by atoms with E-state index in [2.05, 4.69) is 0 Å². The van der Waals surface area contributed by atoms with Crippen molar-refractivity contribution in [1.29, 1.82) is 0 Å². The molecule has 24 heavy (non-hydrogen) atoms. The number of carboxylic acids is 1. The number of carbonyl (C=O) groups excluding carboxylic acids is 1. The Morgan fingerprint density at radius 1 is 1.25 bits per heavy atom. The molecule has 0 spiro atoms. The van der Waals surface area contributed by atoms with Crippen molar-refractivity contribution in [2.75, 3.05) is 26.2 Å². The molecule has 0 bridgehead atoms. The maximum absolute atomic E-state index is 13.2. The Bertz CT molecular complexity index is 601. The lowest BCUT2D eigenvalue weighted by atomic mass is 10.0. The molecule has 5 nitrogen and oxygen atoms in total. The number of likely N-dealkylation sites (N-methyl/N-ethyl adjacent to an activating group) is 1. The van der Waals surface area contributed by atoms with E-state index >= 15 is 0 Å². The Morgan fingerprint density at radius 3 is 2.46 bits per heavy atom. The summed E-state index contributed by atoms with van der Waals surface area (Å²) in [5.41, 5.74) is 0.446. The number of hydrogen-bond acceptors (Lipinski definition) is 3. The summed E-state index contributed by atoms with van der Waals surface area (Å²) in [6.45, 7) is 3.67. The first-order valence-corrected chi connectivity index (χ1v) is 8.08. The van der Waals surface area contributed by atoms with Gasteiger partial charge in [0, 0.05) is 19.1 Å². The van der Waals surface area contributed by atoms with E-state index in [-0.39, 0.29) is 24.9 Å². The summed E-state index contributed by atoms with van der Waals surface area (Å²) >= 11 is 0. The Morgan fingerprint density at radius 2 is 1.92 bits per heavy atom. The van der Waals surface area contributed by atoms with E-state index in [1.54, 1.807) is 4.90 Å². The van der Waals surface area contributed by atoms with E-state index in [9.17, 15) is 18.4 Å². The van der Waals surface area contributed by atoms with Crippen LogP contribution >= 0.6 is 0 Å². The highest BCUT2D eigenvalue weighted by atomic mass is 19.2. The molecule has 0 aliphatic carbocycles. The summed E-state index contributed by atoms with van der Waals surface area (Å²) in [5.74, 6) is -2.86. The van der Waals surface area contributed by atoms with Gasteiger partial charge in [-0.3, -0.25) is 14.5 Å². The fourth-order valence-electron chi connectivity index (χ4n) is 3.09. The number of halogens is 2. The Balaban J connectivity index is 1.88. The van der Waals surface area contributed by atoms with Gasteiger partial charge < -0.3 is 10.0 Å². The summed E-state index contributed by atoms with van der Waals surface area (Å²) < 4.78 is 26.1. The highest BCUT2D eigenvalue weighted by Crippen LogP contribution is 2.18. The molecule has 1 amide bonds. The zero-order chi connectivity index (χ0) is 17.7. The third-order valence-electron chi connectivity index (χ3n) is 4.42. The van der Waals surface area contributed by atoms with Gasteiger partial charge >= 0.3 is 5.97 Å². The first-order valence-electron chi connectivity index (χ1n) is 8.08. The van der Waals surface area contributed by atoms with Gasteiger partial charge in [0.15, 0.2) is 11.6 Å². The summed E-state index contributed by atoms with van der Waals surface area (Å²) in [7, 11) is 0. The van der Waals surface area contributed by atoms with Crippen molar-refractivity contribution in [3.05, 3.63) is 35.4 Å². The maximum atomic E-state index is 13.2. The predicted molar refractivity (Wildman–Crippen MR) is 84.5 cm³/mol. The smallest absolute Gasteiger partial charge is 0.317 e. The van der Waals surface area contributed by atoms with E-state index in [0.717, 1.165) is 12.1 Å². The van der Waals surface area contributed by atoms with Crippen molar-refractivity contribution in [3.8, 4) is 0 Å². The van der Waals surface area contributed by atoms with Gasteiger partial charge in [-0.1, -0.05) is 13.0 Å². The van der Waals surface area contributed by atoms with Crippen LogP contribution in [0.15, 0.2) is 18.2 Å². The van der Waals surface area contributed by atoms with Gasteiger partial charge in [-0.15, -0.1) is 0 Å². The Hall–Kier alpha value is -2.02. The van der Waals surface area contributed by atoms with Crippen LogP contribution in [0.2, 0.25) is 0 Å². The molecule has 2 rings (SSSR count). The molecule has 0 aromatic heterocycles. The van der Waals surface area contributed by atoms with Crippen molar-refractivity contribution in [2.24, 2.45) is 0 Å². The van der Waals surface area contributed by atoms with Gasteiger partial charge in [-0.25, -0.2) is 8.78 Å². The molecule has 7 heteroatoms. The normalized spacial score (nSPS) is 15.8. The largest absolute Gasteiger partial charge is 0.480 e. The van der Waals surface area contributed by atoms with E-state index in [1.165, 1.54) is 6.07 Å². The summed E-state index contributed by atoms with van der Waals surface area (Å²) in [5, 5.41) is 8.93. The fourth-order valence-corrected chi connectivity index (χ4v) is 3.09. The molecule has 1 fully saturated rings. The minimum atomic E-state index is -0.953. The molecule has 1 saturated heterocycles. The molecule has 1 aliphatic heterocycles. The monoisotopic (exact) mass is 340 g/mol. The molecule has 0 unspecified atom stereocenters. The number of benzene rings is 1. The molecule has 1 aromatic carbocycles. The van der Waals surface area contributed by atoms with Crippen molar-refractivity contribution in [1.82, 2.24) is 9.80 Å². The molecule has 1 N–H and O–H groups in total. The first-order chi connectivity index (χ1) is 11.4. The molecular weight excluding hydrogens is 318 g/mol. The van der Waals surface area contributed by atoms with Crippen molar-refractivity contribution < 1.29 is 23.5 Å². The van der Waals surface area contributed by atoms with E-state index in [1.807, 2.05) is 11.8 Å². The van der Waals surface area contributed by atoms with Gasteiger partial charge in [0.2, 0.25) is 5.91 Å². The third kappa shape index (κ3) is 4.74. The molecule has 1 aromatic rings. The first kappa shape index (κ1) is 18.3. The standard InChI is InChI=1S/C17H22F2N2O3/c1-2-20(11-17(23)24)13-5-7-21(8-6-13)16(22)10-12-3-4-14(18)15(19)9-12/h3-4,9,13H,2,5-8,10-11H2,1H3,(H,23,24). The second kappa shape index (κ2) is 8.19. The molecule has 132 valence electrons. The van der Waals surface area contributed by atoms with Crippen molar-refractivity contribution in [2.45, 2.75) is 32.2 Å². The number of carbonyl (C=O) groups is 2. The molecule has 1 aliphatic rings. The van der Waals surface area contributed by atoms with Crippen molar-refractivity contribution >= 4 is 11.9 Å². The van der Waals surface area contributed by atoms with E-state index in [0.29, 0.717) is 38.0 Å². The van der Waals surface area contributed by atoms with Crippen molar-refractivity contribution in [3.63, 3.8) is 0 Å². The second-order valence-corrected chi connectivity index (χ2v) is 5.99. The number of aliphatic carboxylic acids is 1. The topological polar surface area (TPSA) is 60.9 Å². The highest BCUT2D eigenvalue weighted by Gasteiger charge is 2.27. The van der Waals surface area contributed by atoms with Crippen LogP contribution in [0, 0.1) is 11.6 Å². The van der Waals surface area contributed by atoms with E-state index < -0.39 is 17.6 Å². The van der Waals surface area contributed by atoms with Gasteiger partial charge in [-0.05, 0) is 37.1 Å². The molecular formula is C17H22F2N2O3. The number of piperidine rings is 1. The van der Waals surface area contributed by atoms with Gasteiger partial charge in [0.05, 0.1) is 13.0 Å². The zero-order valence-electron chi connectivity index (χ0n) is 13.7. The number of amides is 1. The third-order valence-corrected chi connectivity index (χ3v) is 4.42. The van der Waals surface area contributed by atoms with E-state index in [4.69, 9.17) is 5.11 Å². The fraction of sp³-hybridized carbons (Fsp3) is 0.529. The highest BCUT2D eigenvalue weighted by molar-refractivity contribution is 5.78. The SMILES string of the molecule is CCN(CC(=O)O)C1CCN(C(=O)Cc2ccc(F)c(F)c2)CC1. The minimum absolute atomic E-state index is 0.00394. The van der Waals surface area contributed by atoms with Crippen LogP contribution in [0.1, 0.15) is 25.3 Å². The Labute approximate surface area is 139 Å². The van der Waals surface area contributed by atoms with Crippen LogP contribution in [-0.2, 0) is 16.0 Å². The quantitative estimate of drug-likeness (QED) is 0.859. The number of carboxylic acid groups (broad SMARTS) is 1. The van der Waals surface area contributed by atoms with Gasteiger partial charge in [0.25, 0.3) is 0 Å². The average Bonchev–Trinajstić information content (AvgIpc) is 2.56. The number of likely N-dealkylation sites (tertiary alicyclic amines) is 1. The van der Waals surface area contributed by atoms with Crippen LogP contribution < -0.4 is 0 Å². The predicted octanol–water partition coefficient (Wildman–Crippen LogP) is 1.90. The summed E-state index contributed by atoms with van der Waals surface area (Å²) in [6.07, 6.45) is 1.46. The van der Waals surface area contributed by atoms with Crippen LogP contribution in [0.25, 0.3) is 0 Å². The average molecular weight is 340 g/mol. The number of rotatable bonds is 6.